The zero-order valence-electron chi connectivity index (χ0n) is 8.49. The van der Waals surface area contributed by atoms with Gasteiger partial charge < -0.3 is 4.74 Å². The van der Waals surface area contributed by atoms with E-state index in [1.807, 2.05) is 0 Å². The number of carbonyl (C=O) groups excluding carboxylic acids is 2. The second-order valence-electron chi connectivity index (χ2n) is 3.52. The molecule has 0 amide bonds. The number of carbonyl (C=O) groups is 2. The number of Topliss-reactive ketones (excluding diaryl/α,β-unsaturated/α-hetero) is 1. The molecule has 1 saturated carbocycles. The van der Waals surface area contributed by atoms with Crippen LogP contribution >= 0.6 is 11.3 Å². The van der Waals surface area contributed by atoms with Crippen molar-refractivity contribution < 1.29 is 14.3 Å². The SMILES string of the molecule is CCOC(=O)c1ccc(C(=O)C2CC2)s1. The van der Waals surface area contributed by atoms with E-state index in [0.29, 0.717) is 16.4 Å². The second-order valence-corrected chi connectivity index (χ2v) is 4.61. The summed E-state index contributed by atoms with van der Waals surface area (Å²) in [6, 6.07) is 3.38. The summed E-state index contributed by atoms with van der Waals surface area (Å²) in [6.45, 7) is 2.13. The number of esters is 1. The van der Waals surface area contributed by atoms with Gasteiger partial charge in [0, 0.05) is 5.92 Å². The van der Waals surface area contributed by atoms with E-state index in [4.69, 9.17) is 4.74 Å². The fourth-order valence-electron chi connectivity index (χ4n) is 1.33. The molecule has 1 fully saturated rings. The second kappa shape index (κ2) is 4.14. The molecule has 0 N–H and O–H groups in total. The molecule has 1 aromatic rings. The van der Waals surface area contributed by atoms with Gasteiger partial charge in [0.05, 0.1) is 11.5 Å². The van der Waals surface area contributed by atoms with E-state index >= 15 is 0 Å². The van der Waals surface area contributed by atoms with Gasteiger partial charge >= 0.3 is 5.97 Å². The minimum Gasteiger partial charge on any atom is -0.462 e. The molecule has 0 spiro atoms. The van der Waals surface area contributed by atoms with Gasteiger partial charge in [-0.15, -0.1) is 11.3 Å². The van der Waals surface area contributed by atoms with Gasteiger partial charge in [0.15, 0.2) is 5.78 Å². The van der Waals surface area contributed by atoms with Crippen molar-refractivity contribution in [2.24, 2.45) is 5.92 Å². The maximum Gasteiger partial charge on any atom is 0.348 e. The smallest absolute Gasteiger partial charge is 0.348 e. The molecule has 1 aromatic heterocycles. The Labute approximate surface area is 92.1 Å². The predicted molar refractivity (Wildman–Crippen MR) is 57.3 cm³/mol. The molecular formula is C11H12O3S. The van der Waals surface area contributed by atoms with Gasteiger partial charge in [0.25, 0.3) is 0 Å². The summed E-state index contributed by atoms with van der Waals surface area (Å²) in [5, 5.41) is 0. The van der Waals surface area contributed by atoms with Crippen LogP contribution in [0.3, 0.4) is 0 Å². The summed E-state index contributed by atoms with van der Waals surface area (Å²) >= 11 is 1.23. The Morgan fingerprint density at radius 3 is 2.67 bits per heavy atom. The van der Waals surface area contributed by atoms with Crippen LogP contribution in [0.5, 0.6) is 0 Å². The first kappa shape index (κ1) is 10.4. The number of ether oxygens (including phenoxy) is 1. The standard InChI is InChI=1S/C11H12O3S/c1-2-14-11(13)9-6-5-8(15-9)10(12)7-3-4-7/h5-7H,2-4H2,1H3. The lowest BCUT2D eigenvalue weighted by Gasteiger charge is -1.96. The highest BCUT2D eigenvalue weighted by molar-refractivity contribution is 7.15. The lowest BCUT2D eigenvalue weighted by molar-refractivity contribution is 0.0532. The molecule has 15 heavy (non-hydrogen) atoms. The minimum atomic E-state index is -0.336. The maximum atomic E-state index is 11.7. The Morgan fingerprint density at radius 2 is 2.07 bits per heavy atom. The van der Waals surface area contributed by atoms with Gasteiger partial charge in [-0.25, -0.2) is 4.79 Å². The number of ketones is 1. The average molecular weight is 224 g/mol. The van der Waals surface area contributed by atoms with Crippen molar-refractivity contribution in [1.29, 1.82) is 0 Å². The first-order chi connectivity index (χ1) is 7.22. The van der Waals surface area contributed by atoms with Crippen LogP contribution in [0, 0.1) is 5.92 Å². The Bertz CT molecular complexity index is 390. The van der Waals surface area contributed by atoms with E-state index in [9.17, 15) is 9.59 Å². The van der Waals surface area contributed by atoms with E-state index < -0.39 is 0 Å². The number of hydrogen-bond acceptors (Lipinski definition) is 4. The summed E-state index contributed by atoms with van der Waals surface area (Å²) in [4.78, 5) is 24.2. The molecule has 1 aliphatic carbocycles. The fraction of sp³-hybridized carbons (Fsp3) is 0.455. The largest absolute Gasteiger partial charge is 0.462 e. The van der Waals surface area contributed by atoms with Crippen LogP contribution in [0.2, 0.25) is 0 Å². The number of thiophene rings is 1. The lowest BCUT2D eigenvalue weighted by atomic mass is 10.2. The topological polar surface area (TPSA) is 43.4 Å². The molecule has 0 unspecified atom stereocenters. The monoisotopic (exact) mass is 224 g/mol. The van der Waals surface area contributed by atoms with Crippen LogP contribution in [0.25, 0.3) is 0 Å². The number of rotatable bonds is 4. The Kier molecular flexibility index (Phi) is 2.86. The third-order valence-electron chi connectivity index (χ3n) is 2.27. The summed E-state index contributed by atoms with van der Waals surface area (Å²) in [5.74, 6) is 0.0478. The van der Waals surface area contributed by atoms with Gasteiger partial charge in [-0.2, -0.15) is 0 Å². The molecule has 2 rings (SSSR count). The van der Waals surface area contributed by atoms with Crippen molar-refractivity contribution in [3.8, 4) is 0 Å². The van der Waals surface area contributed by atoms with Crippen LogP contribution in [-0.4, -0.2) is 18.4 Å². The molecule has 4 heteroatoms. The zero-order valence-corrected chi connectivity index (χ0v) is 9.30. The highest BCUT2D eigenvalue weighted by Gasteiger charge is 2.31. The van der Waals surface area contributed by atoms with Gasteiger partial charge in [0.2, 0.25) is 0 Å². The van der Waals surface area contributed by atoms with Crippen molar-refractivity contribution >= 4 is 23.1 Å². The molecule has 0 aromatic carbocycles. The van der Waals surface area contributed by atoms with E-state index in [0.717, 1.165) is 12.8 Å². The van der Waals surface area contributed by atoms with Crippen molar-refractivity contribution in [2.45, 2.75) is 19.8 Å². The van der Waals surface area contributed by atoms with Crippen LogP contribution in [-0.2, 0) is 4.74 Å². The van der Waals surface area contributed by atoms with Crippen molar-refractivity contribution in [3.63, 3.8) is 0 Å². The van der Waals surface area contributed by atoms with Crippen molar-refractivity contribution in [3.05, 3.63) is 21.9 Å². The van der Waals surface area contributed by atoms with Gasteiger partial charge in [-0.1, -0.05) is 0 Å². The first-order valence-electron chi connectivity index (χ1n) is 5.03. The maximum absolute atomic E-state index is 11.7. The quantitative estimate of drug-likeness (QED) is 0.583. The van der Waals surface area contributed by atoms with Crippen LogP contribution in [0.4, 0.5) is 0 Å². The third-order valence-corrected chi connectivity index (χ3v) is 3.35. The van der Waals surface area contributed by atoms with Crippen molar-refractivity contribution in [2.75, 3.05) is 6.61 Å². The minimum absolute atomic E-state index is 0.176. The lowest BCUT2D eigenvalue weighted by Crippen LogP contribution is -2.01. The molecule has 0 atom stereocenters. The van der Waals surface area contributed by atoms with Crippen LogP contribution in [0.1, 0.15) is 39.1 Å². The van der Waals surface area contributed by atoms with Crippen LogP contribution in [0.15, 0.2) is 12.1 Å². The average Bonchev–Trinajstić information content (AvgIpc) is 2.95. The highest BCUT2D eigenvalue weighted by atomic mass is 32.1. The molecule has 1 heterocycles. The van der Waals surface area contributed by atoms with E-state index in [-0.39, 0.29) is 17.7 Å². The first-order valence-corrected chi connectivity index (χ1v) is 5.85. The molecule has 3 nitrogen and oxygen atoms in total. The Hall–Kier alpha value is -1.16. The van der Waals surface area contributed by atoms with E-state index in [1.54, 1.807) is 19.1 Å². The van der Waals surface area contributed by atoms with Gasteiger partial charge in [0.1, 0.15) is 4.88 Å². The zero-order chi connectivity index (χ0) is 10.8. The normalized spacial score (nSPS) is 15.0. The summed E-state index contributed by atoms with van der Waals surface area (Å²) in [5.41, 5.74) is 0. The summed E-state index contributed by atoms with van der Waals surface area (Å²) in [6.07, 6.45) is 1.98. The fourth-order valence-corrected chi connectivity index (χ4v) is 2.25. The Morgan fingerprint density at radius 1 is 1.40 bits per heavy atom. The molecular weight excluding hydrogens is 212 g/mol. The van der Waals surface area contributed by atoms with E-state index in [1.165, 1.54) is 11.3 Å². The molecule has 0 bridgehead atoms. The summed E-state index contributed by atoms with van der Waals surface area (Å²) < 4.78 is 4.86. The number of hydrogen-bond donors (Lipinski definition) is 0. The molecule has 0 saturated heterocycles. The van der Waals surface area contributed by atoms with E-state index in [2.05, 4.69) is 0 Å². The van der Waals surface area contributed by atoms with Crippen molar-refractivity contribution in [1.82, 2.24) is 0 Å². The Balaban J connectivity index is 2.09. The molecule has 0 radical (unpaired) electrons. The predicted octanol–water partition coefficient (Wildman–Crippen LogP) is 2.52. The van der Waals surface area contributed by atoms with Gasteiger partial charge in [-0.05, 0) is 31.9 Å². The molecule has 0 aliphatic heterocycles. The van der Waals surface area contributed by atoms with Crippen LogP contribution < -0.4 is 0 Å². The molecule has 80 valence electrons. The molecule has 1 aliphatic rings. The third kappa shape index (κ3) is 2.26. The van der Waals surface area contributed by atoms with Gasteiger partial charge in [-0.3, -0.25) is 4.79 Å². The summed E-state index contributed by atoms with van der Waals surface area (Å²) in [7, 11) is 0. The highest BCUT2D eigenvalue weighted by Crippen LogP contribution is 2.34.